The van der Waals surface area contributed by atoms with Crippen LogP contribution in [-0.4, -0.2) is 70.2 Å². The maximum atomic E-state index is 13.6. The molecule has 0 radical (unpaired) electrons. The highest BCUT2D eigenvalue weighted by Crippen LogP contribution is 2.26. The number of carbonyl (C=O) groups excluding carboxylic acids is 2. The first-order valence-electron chi connectivity index (χ1n) is 13.9. The highest BCUT2D eigenvalue weighted by atomic mass is 32.2. The van der Waals surface area contributed by atoms with E-state index in [-0.39, 0.29) is 23.9 Å². The number of benzene rings is 1. The Bertz CT molecular complexity index is 1220. The highest BCUT2D eigenvalue weighted by Gasteiger charge is 2.31. The van der Waals surface area contributed by atoms with Crippen LogP contribution < -0.4 is 0 Å². The molecule has 1 heterocycles. The number of aliphatic imine (C=N–C) groups is 1. The number of hydrogen-bond acceptors (Lipinski definition) is 5. The van der Waals surface area contributed by atoms with Crippen LogP contribution in [0.1, 0.15) is 53.0 Å². The van der Waals surface area contributed by atoms with E-state index < -0.39 is 17.1 Å². The maximum absolute atomic E-state index is 13.6. The van der Waals surface area contributed by atoms with E-state index in [4.69, 9.17) is 9.47 Å². The van der Waals surface area contributed by atoms with Gasteiger partial charge in [0.1, 0.15) is 17.0 Å². The van der Waals surface area contributed by atoms with Crippen molar-refractivity contribution in [2.24, 2.45) is 10.9 Å². The zero-order valence-corrected chi connectivity index (χ0v) is 25.8. The summed E-state index contributed by atoms with van der Waals surface area (Å²) in [5.74, 6) is -0.506. The lowest BCUT2D eigenvalue weighted by Gasteiger charge is -2.40. The summed E-state index contributed by atoms with van der Waals surface area (Å²) in [6.07, 6.45) is 10.0. The van der Waals surface area contributed by atoms with Gasteiger partial charge in [-0.05, 0) is 88.6 Å². The minimum absolute atomic E-state index is 0.0210. The molecule has 0 bridgehead atoms. The molecule has 2 unspecified atom stereocenters. The summed E-state index contributed by atoms with van der Waals surface area (Å²) in [5, 5.41) is 0.558. The van der Waals surface area contributed by atoms with Gasteiger partial charge in [0.2, 0.25) is 0 Å². The normalized spacial score (nSPS) is 20.4. The van der Waals surface area contributed by atoms with Gasteiger partial charge in [-0.1, -0.05) is 36.9 Å². The standard InChI is InChI=1S/C32H42FN3O4S/c1-8-23(2)22-39-32(6)17-13-25(14-18-32)28(37)34-29(41-7)36(21-24-9-11-26(33)12-10-24)27-15-19-35(20-16-27)30(38)40-31(3,4)5/h8-13,17-18,23,27H,1,15-16,19-22H2,2-7H3. The molecular weight excluding hydrogens is 541 g/mol. The summed E-state index contributed by atoms with van der Waals surface area (Å²) in [6, 6.07) is 6.35. The van der Waals surface area contributed by atoms with E-state index in [9.17, 15) is 14.0 Å². The van der Waals surface area contributed by atoms with Gasteiger partial charge < -0.3 is 19.3 Å². The fourth-order valence-corrected chi connectivity index (χ4v) is 4.99. The number of hydrogen-bond donors (Lipinski definition) is 0. The van der Waals surface area contributed by atoms with Crippen LogP contribution in [0, 0.1) is 11.7 Å². The number of amidine groups is 1. The second-order valence-corrected chi connectivity index (χ2v) is 12.4. The van der Waals surface area contributed by atoms with Gasteiger partial charge in [0.25, 0.3) is 5.91 Å². The molecule has 1 aromatic rings. The summed E-state index contributed by atoms with van der Waals surface area (Å²) in [7, 11) is 0. The number of amides is 2. The Labute approximate surface area is 247 Å². The Hall–Kier alpha value is -3.13. The van der Waals surface area contributed by atoms with Gasteiger partial charge >= 0.3 is 6.09 Å². The first kappa shape index (κ1) is 32.4. The van der Waals surface area contributed by atoms with Crippen LogP contribution in [0.2, 0.25) is 0 Å². The summed E-state index contributed by atoms with van der Waals surface area (Å²) in [4.78, 5) is 34.2. The van der Waals surface area contributed by atoms with Crippen molar-refractivity contribution in [1.29, 1.82) is 0 Å². The minimum Gasteiger partial charge on any atom is -0.444 e. The predicted octanol–water partition coefficient (Wildman–Crippen LogP) is 6.52. The zero-order chi connectivity index (χ0) is 30.2. The lowest BCUT2D eigenvalue weighted by atomic mass is 9.99. The Morgan fingerprint density at radius 2 is 1.95 bits per heavy atom. The quantitative estimate of drug-likeness (QED) is 0.150. The maximum Gasteiger partial charge on any atom is 0.410 e. The Morgan fingerprint density at radius 3 is 2.49 bits per heavy atom. The predicted molar refractivity (Wildman–Crippen MR) is 163 cm³/mol. The van der Waals surface area contributed by atoms with E-state index in [1.807, 2.05) is 53.0 Å². The van der Waals surface area contributed by atoms with Crippen molar-refractivity contribution < 1.29 is 23.5 Å². The third kappa shape index (κ3) is 9.73. The number of carbonyl (C=O) groups is 2. The number of rotatable bonds is 8. The molecule has 2 atom stereocenters. The molecule has 0 N–H and O–H groups in total. The van der Waals surface area contributed by atoms with Gasteiger partial charge in [0.05, 0.1) is 12.2 Å². The van der Waals surface area contributed by atoms with E-state index in [1.54, 1.807) is 29.2 Å². The first-order chi connectivity index (χ1) is 19.3. The average Bonchev–Trinajstić information content (AvgIpc) is 2.94. The largest absolute Gasteiger partial charge is 0.444 e. The minimum atomic E-state index is -0.663. The molecule has 1 aromatic carbocycles. The topological polar surface area (TPSA) is 71.4 Å². The average molecular weight is 584 g/mol. The van der Waals surface area contributed by atoms with Crippen LogP contribution >= 0.6 is 11.8 Å². The van der Waals surface area contributed by atoms with Gasteiger partial charge in [0, 0.05) is 25.7 Å². The molecule has 1 fully saturated rings. The molecule has 1 aliphatic heterocycles. The van der Waals surface area contributed by atoms with E-state index in [0.29, 0.717) is 49.8 Å². The lowest BCUT2D eigenvalue weighted by Crippen LogP contribution is -2.49. The molecule has 0 saturated carbocycles. The van der Waals surface area contributed by atoms with E-state index in [0.717, 1.165) is 5.56 Å². The third-order valence-electron chi connectivity index (χ3n) is 6.83. The first-order valence-corrected chi connectivity index (χ1v) is 15.1. The van der Waals surface area contributed by atoms with Crippen LogP contribution in [-0.2, 0) is 20.8 Å². The van der Waals surface area contributed by atoms with Gasteiger partial charge in [-0.25, -0.2) is 9.18 Å². The lowest BCUT2D eigenvalue weighted by molar-refractivity contribution is -0.114. The number of likely N-dealkylation sites (tertiary alicyclic amines) is 1. The number of ether oxygens (including phenoxy) is 2. The van der Waals surface area contributed by atoms with Crippen molar-refractivity contribution in [2.75, 3.05) is 26.0 Å². The summed E-state index contributed by atoms with van der Waals surface area (Å²) >= 11 is 1.38. The zero-order valence-electron chi connectivity index (χ0n) is 25.0. The number of nitrogens with zero attached hydrogens (tertiary/aromatic N) is 3. The molecule has 2 amide bonds. The molecule has 1 aliphatic carbocycles. The van der Waals surface area contributed by atoms with E-state index in [1.165, 1.54) is 23.9 Å². The third-order valence-corrected chi connectivity index (χ3v) is 7.52. The molecule has 3 rings (SSSR count). The number of halogens is 1. The van der Waals surface area contributed by atoms with Crippen molar-refractivity contribution in [1.82, 2.24) is 9.80 Å². The Balaban J connectivity index is 1.81. The van der Waals surface area contributed by atoms with Gasteiger partial charge in [-0.3, -0.25) is 4.79 Å². The van der Waals surface area contributed by atoms with Crippen LogP contribution in [0.3, 0.4) is 0 Å². The van der Waals surface area contributed by atoms with Crippen molar-refractivity contribution in [3.05, 3.63) is 77.8 Å². The van der Waals surface area contributed by atoms with Crippen molar-refractivity contribution in [3.8, 4) is 0 Å². The molecule has 1 saturated heterocycles. The Kier molecular flexibility index (Phi) is 11.2. The monoisotopic (exact) mass is 583 g/mol. The molecule has 0 spiro atoms. The van der Waals surface area contributed by atoms with Gasteiger partial charge in [-0.2, -0.15) is 4.99 Å². The van der Waals surface area contributed by atoms with Crippen LogP contribution in [0.4, 0.5) is 9.18 Å². The molecule has 222 valence electrons. The second-order valence-electron chi connectivity index (χ2n) is 11.6. The van der Waals surface area contributed by atoms with Crippen LogP contribution in [0.25, 0.3) is 0 Å². The molecule has 7 nitrogen and oxygen atoms in total. The van der Waals surface area contributed by atoms with E-state index >= 15 is 0 Å². The second kappa shape index (κ2) is 14.2. The summed E-state index contributed by atoms with van der Waals surface area (Å²) < 4.78 is 25.1. The molecule has 41 heavy (non-hydrogen) atoms. The summed E-state index contributed by atoms with van der Waals surface area (Å²) in [6.45, 7) is 15.3. The SMILES string of the molecule is C=CC(C)COC1(C)C=C=C(C(=O)N=C(SC)N(Cc2ccc(F)cc2)C2CCN(C(=O)OC(C)(C)C)CC2)C=C1. The molecular formula is C32H42FN3O4S. The number of thioether (sulfide) groups is 1. The van der Waals surface area contributed by atoms with Crippen molar-refractivity contribution in [3.63, 3.8) is 0 Å². The van der Waals surface area contributed by atoms with Crippen molar-refractivity contribution >= 4 is 28.9 Å². The Morgan fingerprint density at radius 1 is 1.29 bits per heavy atom. The van der Waals surface area contributed by atoms with Gasteiger partial charge in [0.15, 0.2) is 5.17 Å². The van der Waals surface area contributed by atoms with Gasteiger partial charge in [-0.15, -0.1) is 12.3 Å². The molecule has 2 aliphatic rings. The molecule has 0 aromatic heterocycles. The number of piperidine rings is 1. The smallest absolute Gasteiger partial charge is 0.410 e. The van der Waals surface area contributed by atoms with Crippen LogP contribution in [0.5, 0.6) is 0 Å². The summed E-state index contributed by atoms with van der Waals surface area (Å²) in [5.41, 5.74) is 3.08. The van der Waals surface area contributed by atoms with Crippen molar-refractivity contribution in [2.45, 2.75) is 71.2 Å². The highest BCUT2D eigenvalue weighted by molar-refractivity contribution is 8.13. The van der Waals surface area contributed by atoms with Crippen LogP contribution in [0.15, 0.2) is 71.4 Å². The fraction of sp³-hybridized carbons (Fsp3) is 0.500. The van der Waals surface area contributed by atoms with E-state index in [2.05, 4.69) is 22.2 Å². The molecule has 9 heteroatoms. The fourth-order valence-electron chi connectivity index (χ4n) is 4.37.